The lowest BCUT2D eigenvalue weighted by Crippen LogP contribution is -2.35. The summed E-state index contributed by atoms with van der Waals surface area (Å²) in [6.45, 7) is 2.32. The van der Waals surface area contributed by atoms with E-state index in [1.165, 1.54) is 17.0 Å². The van der Waals surface area contributed by atoms with Crippen LogP contribution in [0.25, 0.3) is 0 Å². The normalized spacial score (nSPS) is 19.1. The third kappa shape index (κ3) is 2.87. The molecule has 102 valence electrons. The highest BCUT2D eigenvalue weighted by Gasteiger charge is 2.38. The van der Waals surface area contributed by atoms with E-state index in [1.54, 1.807) is 0 Å². The van der Waals surface area contributed by atoms with E-state index in [0.29, 0.717) is 12.2 Å². The highest BCUT2D eigenvalue weighted by molar-refractivity contribution is 6.33. The van der Waals surface area contributed by atoms with Gasteiger partial charge in [-0.3, -0.25) is 14.5 Å². The van der Waals surface area contributed by atoms with E-state index >= 15 is 0 Å². The van der Waals surface area contributed by atoms with Gasteiger partial charge in [0, 0.05) is 6.54 Å². The third-order valence-corrected chi connectivity index (χ3v) is 3.26. The molecular weight excluding hydrogens is 271 g/mol. The van der Waals surface area contributed by atoms with Crippen molar-refractivity contribution in [2.75, 3.05) is 11.9 Å². The molecule has 1 aliphatic rings. The fourth-order valence-electron chi connectivity index (χ4n) is 2.05. The minimum atomic E-state index is -0.623. The summed E-state index contributed by atoms with van der Waals surface area (Å²) in [6.07, 6.45) is 0.827. The van der Waals surface area contributed by atoms with Gasteiger partial charge < -0.3 is 5.32 Å². The van der Waals surface area contributed by atoms with Crippen LogP contribution >= 0.6 is 11.6 Å². The van der Waals surface area contributed by atoms with Gasteiger partial charge in [-0.2, -0.15) is 0 Å². The first kappa shape index (κ1) is 13.8. The van der Waals surface area contributed by atoms with Crippen molar-refractivity contribution in [1.29, 1.82) is 0 Å². The van der Waals surface area contributed by atoms with E-state index in [1.807, 2.05) is 6.92 Å². The van der Waals surface area contributed by atoms with Crippen molar-refractivity contribution < 1.29 is 14.0 Å². The van der Waals surface area contributed by atoms with E-state index in [9.17, 15) is 14.0 Å². The predicted molar refractivity (Wildman–Crippen MR) is 70.4 cm³/mol. The number of carbonyl (C=O) groups is 2. The van der Waals surface area contributed by atoms with Crippen molar-refractivity contribution in [3.8, 4) is 0 Å². The van der Waals surface area contributed by atoms with Gasteiger partial charge in [0.05, 0.1) is 17.1 Å². The average Bonchev–Trinajstić information content (AvgIpc) is 2.61. The number of likely N-dealkylation sites (tertiary alicyclic amines) is 1. The van der Waals surface area contributed by atoms with Gasteiger partial charge in [0.1, 0.15) is 11.9 Å². The highest BCUT2D eigenvalue weighted by atomic mass is 35.5. The van der Waals surface area contributed by atoms with Crippen LogP contribution in [-0.2, 0) is 9.59 Å². The largest absolute Gasteiger partial charge is 0.372 e. The molecule has 6 heteroatoms. The molecule has 1 unspecified atom stereocenters. The maximum atomic E-state index is 12.9. The van der Waals surface area contributed by atoms with Gasteiger partial charge in [-0.1, -0.05) is 18.5 Å². The molecule has 1 N–H and O–H groups in total. The zero-order valence-electron chi connectivity index (χ0n) is 10.5. The zero-order valence-corrected chi connectivity index (χ0v) is 11.2. The molecule has 0 spiro atoms. The lowest BCUT2D eigenvalue weighted by atomic mass is 10.2. The first-order chi connectivity index (χ1) is 9.02. The van der Waals surface area contributed by atoms with Gasteiger partial charge in [0.15, 0.2) is 0 Å². The van der Waals surface area contributed by atoms with Crippen molar-refractivity contribution in [1.82, 2.24) is 4.90 Å². The molecule has 1 aromatic carbocycles. The fraction of sp³-hybridized carbons (Fsp3) is 0.385. The number of nitrogens with zero attached hydrogens (tertiary/aromatic N) is 1. The number of anilines is 1. The number of hydrogen-bond acceptors (Lipinski definition) is 3. The summed E-state index contributed by atoms with van der Waals surface area (Å²) in [5.41, 5.74) is 0.451. The summed E-state index contributed by atoms with van der Waals surface area (Å²) >= 11 is 5.88. The van der Waals surface area contributed by atoms with E-state index in [0.717, 1.165) is 12.5 Å². The number of rotatable bonds is 4. The Kier molecular flexibility index (Phi) is 4.04. The van der Waals surface area contributed by atoms with Crippen LogP contribution in [0.1, 0.15) is 19.8 Å². The summed E-state index contributed by atoms with van der Waals surface area (Å²) in [4.78, 5) is 24.9. The van der Waals surface area contributed by atoms with Gasteiger partial charge in [0.2, 0.25) is 5.91 Å². The zero-order chi connectivity index (χ0) is 14.0. The Labute approximate surface area is 115 Å². The Morgan fingerprint density at radius 2 is 2.21 bits per heavy atom. The molecule has 1 aliphatic heterocycles. The summed E-state index contributed by atoms with van der Waals surface area (Å²) in [5, 5.41) is 3.08. The van der Waals surface area contributed by atoms with Gasteiger partial charge >= 0.3 is 0 Å². The minimum absolute atomic E-state index is 0.104. The Balaban J connectivity index is 2.12. The van der Waals surface area contributed by atoms with Gasteiger partial charge in [-0.25, -0.2) is 4.39 Å². The standard InChI is InChI=1S/C13H14ClFN2O2/c1-2-5-17-12(18)7-11(13(17)19)16-10-4-3-8(15)6-9(10)14/h3-4,6,11,16H,2,5,7H2,1H3. The van der Waals surface area contributed by atoms with Crippen LogP contribution in [0.5, 0.6) is 0 Å². The average molecular weight is 285 g/mol. The Hall–Kier alpha value is -1.62. The second-order valence-electron chi connectivity index (χ2n) is 4.41. The molecule has 0 bridgehead atoms. The van der Waals surface area contributed by atoms with Crippen LogP contribution in [0.4, 0.5) is 10.1 Å². The van der Waals surface area contributed by atoms with Crippen LogP contribution in [0.3, 0.4) is 0 Å². The number of nitrogens with one attached hydrogen (secondary N) is 1. The lowest BCUT2D eigenvalue weighted by molar-refractivity contribution is -0.138. The first-order valence-corrected chi connectivity index (χ1v) is 6.46. The van der Waals surface area contributed by atoms with Crippen molar-refractivity contribution in [2.24, 2.45) is 0 Å². The van der Waals surface area contributed by atoms with E-state index in [-0.39, 0.29) is 23.3 Å². The second-order valence-corrected chi connectivity index (χ2v) is 4.82. The topological polar surface area (TPSA) is 49.4 Å². The maximum Gasteiger partial charge on any atom is 0.252 e. The minimum Gasteiger partial charge on any atom is -0.372 e. The predicted octanol–water partition coefficient (Wildman–Crippen LogP) is 2.43. The molecule has 2 amide bonds. The van der Waals surface area contributed by atoms with E-state index in [2.05, 4.69) is 5.32 Å². The van der Waals surface area contributed by atoms with Crippen molar-refractivity contribution in [3.05, 3.63) is 29.0 Å². The highest BCUT2D eigenvalue weighted by Crippen LogP contribution is 2.25. The summed E-state index contributed by atoms with van der Waals surface area (Å²) < 4.78 is 12.9. The number of benzene rings is 1. The number of hydrogen-bond donors (Lipinski definition) is 1. The molecule has 2 rings (SSSR count). The van der Waals surface area contributed by atoms with Crippen LogP contribution in [0.2, 0.25) is 5.02 Å². The summed E-state index contributed by atoms with van der Waals surface area (Å²) in [6, 6.07) is 3.24. The molecule has 1 fully saturated rings. The molecular formula is C13H14ClFN2O2. The number of halogens is 2. The first-order valence-electron chi connectivity index (χ1n) is 6.08. The molecule has 1 saturated heterocycles. The molecule has 0 radical (unpaired) electrons. The molecule has 0 saturated carbocycles. The quantitative estimate of drug-likeness (QED) is 0.864. The van der Waals surface area contributed by atoms with Crippen LogP contribution in [0, 0.1) is 5.82 Å². The number of carbonyl (C=O) groups excluding carboxylic acids is 2. The molecule has 1 heterocycles. The monoisotopic (exact) mass is 284 g/mol. The van der Waals surface area contributed by atoms with Crippen molar-refractivity contribution in [3.63, 3.8) is 0 Å². The molecule has 1 atom stereocenters. The number of imide groups is 1. The van der Waals surface area contributed by atoms with Crippen LogP contribution < -0.4 is 5.32 Å². The van der Waals surface area contributed by atoms with Crippen LogP contribution in [-0.4, -0.2) is 29.3 Å². The number of amides is 2. The SMILES string of the molecule is CCCN1C(=O)CC(Nc2ccc(F)cc2Cl)C1=O. The van der Waals surface area contributed by atoms with E-state index < -0.39 is 11.9 Å². The molecule has 0 aromatic heterocycles. The maximum absolute atomic E-state index is 12.9. The fourth-order valence-corrected chi connectivity index (χ4v) is 2.27. The van der Waals surface area contributed by atoms with Gasteiger partial charge in [-0.05, 0) is 24.6 Å². The van der Waals surface area contributed by atoms with Gasteiger partial charge in [0.25, 0.3) is 5.91 Å². The molecule has 19 heavy (non-hydrogen) atoms. The van der Waals surface area contributed by atoms with Crippen molar-refractivity contribution in [2.45, 2.75) is 25.8 Å². The van der Waals surface area contributed by atoms with Crippen molar-refractivity contribution >= 4 is 29.1 Å². The second kappa shape index (κ2) is 5.57. The van der Waals surface area contributed by atoms with Gasteiger partial charge in [-0.15, -0.1) is 0 Å². The Morgan fingerprint density at radius 1 is 1.47 bits per heavy atom. The summed E-state index contributed by atoms with van der Waals surface area (Å²) in [5.74, 6) is -0.896. The summed E-state index contributed by atoms with van der Waals surface area (Å²) in [7, 11) is 0. The molecule has 0 aliphatic carbocycles. The van der Waals surface area contributed by atoms with E-state index in [4.69, 9.17) is 11.6 Å². The lowest BCUT2D eigenvalue weighted by Gasteiger charge is -2.15. The third-order valence-electron chi connectivity index (χ3n) is 2.95. The molecule has 4 nitrogen and oxygen atoms in total. The Morgan fingerprint density at radius 3 is 2.84 bits per heavy atom. The molecule has 1 aromatic rings. The smallest absolute Gasteiger partial charge is 0.252 e. The van der Waals surface area contributed by atoms with Crippen LogP contribution in [0.15, 0.2) is 18.2 Å². The Bertz CT molecular complexity index is 521.